The molecule has 5 N–H and O–H groups in total. The SMILES string of the molecule is CCCN(CCN)CCNC.CCCN(CCNC)CCNCc1ccc(C2(C(F)(F)F)N=N2)cc1. The summed E-state index contributed by atoms with van der Waals surface area (Å²) in [5.74, 6) is 0. The van der Waals surface area contributed by atoms with Gasteiger partial charge in [-0.3, -0.25) is 0 Å². The van der Waals surface area contributed by atoms with E-state index in [1.165, 1.54) is 25.1 Å². The van der Waals surface area contributed by atoms with E-state index in [1.807, 2.05) is 14.1 Å². The number of benzene rings is 1. The van der Waals surface area contributed by atoms with Crippen molar-refractivity contribution in [1.82, 2.24) is 25.8 Å². The first kappa shape index (κ1) is 32.4. The van der Waals surface area contributed by atoms with Gasteiger partial charge in [0.2, 0.25) is 0 Å². The maximum absolute atomic E-state index is 12.9. The van der Waals surface area contributed by atoms with Gasteiger partial charge in [0.25, 0.3) is 0 Å². The summed E-state index contributed by atoms with van der Waals surface area (Å²) in [6.07, 6.45) is -2.14. The van der Waals surface area contributed by atoms with Gasteiger partial charge in [0.05, 0.1) is 0 Å². The lowest BCUT2D eigenvalue weighted by Gasteiger charge is -2.21. The lowest BCUT2D eigenvalue weighted by atomic mass is 10.0. The number of rotatable bonds is 18. The Bertz CT molecular complexity index is 700. The van der Waals surface area contributed by atoms with Crippen molar-refractivity contribution in [2.24, 2.45) is 16.0 Å². The highest BCUT2D eigenvalue weighted by Crippen LogP contribution is 2.52. The van der Waals surface area contributed by atoms with Gasteiger partial charge in [-0.25, -0.2) is 0 Å². The van der Waals surface area contributed by atoms with Crippen molar-refractivity contribution in [2.45, 2.75) is 45.1 Å². The maximum atomic E-state index is 12.9. The Hall–Kier alpha value is -1.63. The molecule has 0 aliphatic carbocycles. The lowest BCUT2D eigenvalue weighted by Crippen LogP contribution is -2.36. The molecule has 8 nitrogen and oxygen atoms in total. The minimum Gasteiger partial charge on any atom is -0.329 e. The molecule has 0 spiro atoms. The predicted molar refractivity (Wildman–Crippen MR) is 141 cm³/mol. The van der Waals surface area contributed by atoms with Crippen LogP contribution in [0.25, 0.3) is 0 Å². The van der Waals surface area contributed by atoms with Gasteiger partial charge in [-0.15, -0.1) is 10.2 Å². The fraction of sp³-hybridized carbons (Fsp3) is 0.760. The van der Waals surface area contributed by atoms with E-state index in [1.54, 1.807) is 12.1 Å². The predicted octanol–water partition coefficient (Wildman–Crippen LogP) is 2.77. The number of nitrogens with one attached hydrogen (secondary N) is 3. The van der Waals surface area contributed by atoms with Gasteiger partial charge >= 0.3 is 11.8 Å². The molecule has 1 aromatic rings. The molecule has 0 saturated carbocycles. The molecule has 36 heavy (non-hydrogen) atoms. The molecule has 1 aliphatic heterocycles. The van der Waals surface area contributed by atoms with Crippen LogP contribution >= 0.6 is 0 Å². The van der Waals surface area contributed by atoms with E-state index in [9.17, 15) is 13.2 Å². The topological polar surface area (TPSA) is 93.3 Å². The zero-order valence-corrected chi connectivity index (χ0v) is 22.5. The third-order valence-corrected chi connectivity index (χ3v) is 5.87. The van der Waals surface area contributed by atoms with Gasteiger partial charge in [-0.1, -0.05) is 38.1 Å². The van der Waals surface area contributed by atoms with E-state index in [-0.39, 0.29) is 5.56 Å². The van der Waals surface area contributed by atoms with E-state index < -0.39 is 11.8 Å². The van der Waals surface area contributed by atoms with Crippen LogP contribution in [-0.4, -0.2) is 95.5 Å². The van der Waals surface area contributed by atoms with Crippen molar-refractivity contribution in [3.05, 3.63) is 35.4 Å². The fourth-order valence-corrected chi connectivity index (χ4v) is 3.79. The molecule has 0 aromatic heterocycles. The molecular formula is C25H47F3N8. The second kappa shape index (κ2) is 17.8. The van der Waals surface area contributed by atoms with E-state index in [0.717, 1.165) is 70.9 Å². The van der Waals surface area contributed by atoms with Crippen LogP contribution in [0.2, 0.25) is 0 Å². The van der Waals surface area contributed by atoms with Crippen LogP contribution in [0, 0.1) is 0 Å². The van der Waals surface area contributed by atoms with Crippen LogP contribution in [0.3, 0.4) is 0 Å². The van der Waals surface area contributed by atoms with Crippen molar-refractivity contribution in [1.29, 1.82) is 0 Å². The van der Waals surface area contributed by atoms with Crippen LogP contribution < -0.4 is 21.7 Å². The molecule has 1 heterocycles. The zero-order valence-electron chi connectivity index (χ0n) is 22.5. The van der Waals surface area contributed by atoms with Gasteiger partial charge in [-0.2, -0.15) is 13.2 Å². The molecule has 11 heteroatoms. The average molecular weight is 517 g/mol. The first-order valence-corrected chi connectivity index (χ1v) is 13.0. The molecule has 2 rings (SSSR count). The Labute approximate surface area is 215 Å². The average Bonchev–Trinajstić information content (AvgIpc) is 3.67. The van der Waals surface area contributed by atoms with Crippen LogP contribution in [0.4, 0.5) is 13.2 Å². The number of hydrogen-bond acceptors (Lipinski definition) is 8. The van der Waals surface area contributed by atoms with Crippen LogP contribution in [0.15, 0.2) is 34.5 Å². The number of likely N-dealkylation sites (N-methyl/N-ethyl adjacent to an activating group) is 2. The second-order valence-electron chi connectivity index (χ2n) is 8.92. The third-order valence-electron chi connectivity index (χ3n) is 5.87. The Morgan fingerprint density at radius 3 is 1.72 bits per heavy atom. The van der Waals surface area contributed by atoms with Gasteiger partial charge in [0.15, 0.2) is 0 Å². The number of halogens is 3. The summed E-state index contributed by atoms with van der Waals surface area (Å²) >= 11 is 0. The lowest BCUT2D eigenvalue weighted by molar-refractivity contribution is -0.166. The molecule has 1 aliphatic rings. The molecular weight excluding hydrogens is 469 g/mol. The smallest absolute Gasteiger partial charge is 0.329 e. The van der Waals surface area contributed by atoms with E-state index in [0.29, 0.717) is 6.54 Å². The first-order valence-electron chi connectivity index (χ1n) is 13.0. The molecule has 0 saturated heterocycles. The Kier molecular flexibility index (Phi) is 16.0. The minimum atomic E-state index is -4.47. The highest BCUT2D eigenvalue weighted by Gasteiger charge is 2.65. The van der Waals surface area contributed by atoms with Gasteiger partial charge in [0, 0.05) is 64.5 Å². The maximum Gasteiger partial charge on any atom is 0.442 e. The van der Waals surface area contributed by atoms with E-state index in [2.05, 4.69) is 49.8 Å². The van der Waals surface area contributed by atoms with Crippen molar-refractivity contribution in [2.75, 3.05) is 79.5 Å². The molecule has 208 valence electrons. The fourth-order valence-electron chi connectivity index (χ4n) is 3.79. The molecule has 0 radical (unpaired) electrons. The number of nitrogens with zero attached hydrogens (tertiary/aromatic N) is 4. The summed E-state index contributed by atoms with van der Waals surface area (Å²) in [7, 11) is 3.92. The van der Waals surface area contributed by atoms with E-state index in [4.69, 9.17) is 5.73 Å². The minimum absolute atomic E-state index is 0.0740. The Balaban J connectivity index is 0.000000497. The summed E-state index contributed by atoms with van der Waals surface area (Å²) in [6.45, 7) is 14.9. The van der Waals surface area contributed by atoms with Gasteiger partial charge in [-0.05, 0) is 45.6 Å². The van der Waals surface area contributed by atoms with Crippen molar-refractivity contribution < 1.29 is 13.2 Å². The molecule has 0 unspecified atom stereocenters. The number of nitrogens with two attached hydrogens (primary N) is 1. The quantitative estimate of drug-likeness (QED) is 0.224. The Morgan fingerprint density at radius 2 is 1.31 bits per heavy atom. The highest BCUT2D eigenvalue weighted by molar-refractivity contribution is 5.32. The monoisotopic (exact) mass is 516 g/mol. The zero-order chi connectivity index (χ0) is 26.9. The summed E-state index contributed by atoms with van der Waals surface area (Å²) in [5.41, 5.74) is 4.16. The molecule has 0 amide bonds. The van der Waals surface area contributed by atoms with Crippen molar-refractivity contribution in [3.8, 4) is 0 Å². The number of hydrogen-bond donors (Lipinski definition) is 4. The van der Waals surface area contributed by atoms with Crippen molar-refractivity contribution >= 4 is 0 Å². The molecule has 0 atom stereocenters. The summed E-state index contributed by atoms with van der Waals surface area (Å²) in [4.78, 5) is 4.77. The van der Waals surface area contributed by atoms with Crippen molar-refractivity contribution in [3.63, 3.8) is 0 Å². The van der Waals surface area contributed by atoms with Crippen LogP contribution in [-0.2, 0) is 12.2 Å². The standard InChI is InChI=1S/C17H26F3N5.C8H21N3/c1-3-10-25(11-8-21-2)12-9-22-13-14-4-6-15(7-5-14)16(23-24-16)17(18,19)20;1-3-6-11(7-4-9)8-5-10-2/h4-7,21-22H,3,8-13H2,1-2H3;10H,3-9H2,1-2H3. The van der Waals surface area contributed by atoms with Crippen LogP contribution in [0.1, 0.15) is 37.8 Å². The molecule has 0 bridgehead atoms. The summed E-state index contributed by atoms with van der Waals surface area (Å²) in [5, 5.41) is 16.1. The van der Waals surface area contributed by atoms with Gasteiger partial charge < -0.3 is 31.5 Å². The third kappa shape index (κ3) is 11.6. The summed E-state index contributed by atoms with van der Waals surface area (Å²) < 4.78 is 38.8. The number of alkyl halides is 3. The molecule has 1 aromatic carbocycles. The largest absolute Gasteiger partial charge is 0.442 e. The normalized spacial score (nSPS) is 14.3. The first-order chi connectivity index (χ1) is 17.3. The van der Waals surface area contributed by atoms with Gasteiger partial charge in [0.1, 0.15) is 0 Å². The molecule has 0 fully saturated rings. The highest BCUT2D eigenvalue weighted by atomic mass is 19.4. The Morgan fingerprint density at radius 1 is 0.806 bits per heavy atom. The summed E-state index contributed by atoms with van der Waals surface area (Å²) in [6, 6.07) is 6.32. The second-order valence-corrected chi connectivity index (χ2v) is 8.92. The van der Waals surface area contributed by atoms with Crippen LogP contribution in [0.5, 0.6) is 0 Å². The van der Waals surface area contributed by atoms with E-state index >= 15 is 0 Å².